The Hall–Kier alpha value is -8.25. The molecule has 0 heterocycles. The van der Waals surface area contributed by atoms with Crippen molar-refractivity contribution in [2.45, 2.75) is 39.0 Å². The van der Waals surface area contributed by atoms with Gasteiger partial charge in [0.25, 0.3) is 29.3 Å². The number of benzene rings is 5. The Bertz CT molecular complexity index is 2510. The van der Waals surface area contributed by atoms with Crippen LogP contribution < -0.4 is 37.1 Å². The van der Waals surface area contributed by atoms with Gasteiger partial charge in [0, 0.05) is 64.1 Å². The van der Waals surface area contributed by atoms with E-state index in [4.69, 9.17) is 15.2 Å². The Labute approximate surface area is 354 Å². The number of carbonyl (C=O) groups excluding carboxylic acids is 7. The van der Waals surface area contributed by atoms with Gasteiger partial charge in [0.1, 0.15) is 11.8 Å². The number of hydrogen-bond donors (Lipinski definition) is 6. The van der Waals surface area contributed by atoms with Crippen LogP contribution in [0.4, 0.5) is 28.4 Å². The molecule has 5 aromatic rings. The zero-order valence-corrected chi connectivity index (χ0v) is 33.7. The first-order valence-corrected chi connectivity index (χ1v) is 18.8. The van der Waals surface area contributed by atoms with Crippen molar-refractivity contribution in [1.29, 1.82) is 0 Å². The average molecular weight is 844 g/mol. The number of non-ortho nitro benzene ring substituents is 1. The van der Waals surface area contributed by atoms with E-state index in [2.05, 4.69) is 26.6 Å². The number of nitro groups is 1. The molecular weight excluding hydrogens is 803 g/mol. The first kappa shape index (κ1) is 44.8. The maximum absolute atomic E-state index is 13.5. The average Bonchev–Trinajstić information content (AvgIpc) is 3.24. The van der Waals surface area contributed by atoms with Crippen molar-refractivity contribution in [3.8, 4) is 5.75 Å². The van der Waals surface area contributed by atoms with Crippen molar-refractivity contribution < 1.29 is 48.0 Å². The molecule has 6 amide bonds. The predicted octanol–water partition coefficient (Wildman–Crippen LogP) is 5.58. The highest BCUT2D eigenvalue weighted by atomic mass is 16.6. The van der Waals surface area contributed by atoms with E-state index < -0.39 is 52.5 Å². The largest absolute Gasteiger partial charge is 0.489 e. The van der Waals surface area contributed by atoms with Gasteiger partial charge in [-0.25, -0.2) is 0 Å². The summed E-state index contributed by atoms with van der Waals surface area (Å²) >= 11 is 0. The second-order valence-corrected chi connectivity index (χ2v) is 13.8. The number of carbonyl (C=O) groups is 7. The molecule has 2 atom stereocenters. The lowest BCUT2D eigenvalue weighted by molar-refractivity contribution is -0.384. The number of nitrogens with one attached hydrogen (secondary N) is 5. The van der Waals surface area contributed by atoms with E-state index in [-0.39, 0.29) is 57.0 Å². The number of methoxy groups -OCH3 is 1. The summed E-state index contributed by atoms with van der Waals surface area (Å²) in [5.41, 5.74) is 7.70. The van der Waals surface area contributed by atoms with Crippen LogP contribution in [0.2, 0.25) is 0 Å². The van der Waals surface area contributed by atoms with Gasteiger partial charge >= 0.3 is 0 Å². The third kappa shape index (κ3) is 11.7. The van der Waals surface area contributed by atoms with Crippen LogP contribution in [-0.4, -0.2) is 71.5 Å². The van der Waals surface area contributed by atoms with Crippen LogP contribution in [0.25, 0.3) is 0 Å². The molecule has 5 aromatic carbocycles. The van der Waals surface area contributed by atoms with Crippen LogP contribution in [0, 0.1) is 10.1 Å². The minimum Gasteiger partial charge on any atom is -0.489 e. The zero-order valence-electron chi connectivity index (χ0n) is 33.7. The Kier molecular flexibility index (Phi) is 14.6. The molecule has 18 heteroatoms. The zero-order chi connectivity index (χ0) is 45.1. The lowest BCUT2D eigenvalue weighted by Crippen LogP contribution is -2.56. The number of anilines is 4. The van der Waals surface area contributed by atoms with Crippen LogP contribution in [0.15, 0.2) is 115 Å². The van der Waals surface area contributed by atoms with Crippen LogP contribution in [0.1, 0.15) is 72.6 Å². The number of nitrogens with zero attached hydrogens (tertiary/aromatic N) is 1. The number of primary amides is 1. The molecule has 0 bridgehead atoms. The molecule has 0 saturated carbocycles. The number of Topliss-reactive ketones (excluding diaryl/α,β-unsaturated/α-hetero) is 1. The Morgan fingerprint density at radius 3 is 1.50 bits per heavy atom. The molecule has 0 aliphatic rings. The quantitative estimate of drug-likeness (QED) is 0.0382. The van der Waals surface area contributed by atoms with Crippen molar-refractivity contribution in [3.63, 3.8) is 0 Å². The van der Waals surface area contributed by atoms with Crippen LogP contribution in [-0.2, 0) is 14.3 Å². The van der Waals surface area contributed by atoms with Gasteiger partial charge in [-0.05, 0) is 124 Å². The first-order chi connectivity index (χ1) is 29.5. The van der Waals surface area contributed by atoms with Gasteiger partial charge in [0.05, 0.1) is 16.7 Å². The van der Waals surface area contributed by atoms with Crippen LogP contribution in [0.5, 0.6) is 5.75 Å². The molecule has 0 spiro atoms. The standard InChI is InChI=1S/C44H41N7O11/c1-24(2)62-36-23-30(43(57)47-31-14-5-26(6-15-31)25(3)52)13-22-35(36)49-41(55)27-7-18-33(19-8-27)48-44(58)37(38(61-4)39(45)53)50-42(56)28-9-16-32(17-10-28)46-40(54)29-11-20-34(21-12-29)51(59)60/h5-24,37-38H,1-4H3,(H2,45,53)(H,46,54)(H,47,57)(H,48,58)(H,49,55)(H,50,56). The summed E-state index contributed by atoms with van der Waals surface area (Å²) in [6, 6.07) is 25.5. The van der Waals surface area contributed by atoms with Crippen molar-refractivity contribution in [2.24, 2.45) is 5.73 Å². The smallest absolute Gasteiger partial charge is 0.269 e. The van der Waals surface area contributed by atoms with Crippen molar-refractivity contribution in [3.05, 3.63) is 153 Å². The highest BCUT2D eigenvalue weighted by Gasteiger charge is 2.34. The van der Waals surface area contributed by atoms with Gasteiger partial charge in [0.2, 0.25) is 11.8 Å². The lowest BCUT2D eigenvalue weighted by atomic mass is 10.1. The Morgan fingerprint density at radius 1 is 0.597 bits per heavy atom. The van der Waals surface area contributed by atoms with Gasteiger partial charge < -0.3 is 41.8 Å². The number of ether oxygens (including phenoxy) is 2. The fourth-order valence-corrected chi connectivity index (χ4v) is 5.79. The minimum absolute atomic E-state index is 0.0444. The summed E-state index contributed by atoms with van der Waals surface area (Å²) in [7, 11) is 1.13. The first-order valence-electron chi connectivity index (χ1n) is 18.8. The van der Waals surface area contributed by atoms with Crippen molar-refractivity contribution in [2.75, 3.05) is 28.4 Å². The molecule has 0 radical (unpaired) electrons. The molecule has 2 unspecified atom stereocenters. The number of rotatable bonds is 17. The number of nitro benzene ring substituents is 1. The highest BCUT2D eigenvalue weighted by molar-refractivity contribution is 6.09. The summed E-state index contributed by atoms with van der Waals surface area (Å²) in [5, 5.41) is 24.1. The molecule has 0 aliphatic heterocycles. The summed E-state index contributed by atoms with van der Waals surface area (Å²) in [4.78, 5) is 100.0. The SMILES string of the molecule is COC(C(N)=O)C(NC(=O)c1ccc(NC(=O)c2ccc([N+](=O)[O-])cc2)cc1)C(=O)Nc1ccc(C(=O)Nc2ccc(C(=O)Nc3ccc(C(C)=O)cc3)cc2OC(C)C)cc1. The minimum atomic E-state index is -1.62. The molecule has 0 aromatic heterocycles. The highest BCUT2D eigenvalue weighted by Crippen LogP contribution is 2.29. The molecule has 0 aliphatic carbocycles. The molecule has 5 rings (SSSR count). The van der Waals surface area contributed by atoms with Crippen molar-refractivity contribution in [1.82, 2.24) is 5.32 Å². The van der Waals surface area contributed by atoms with E-state index in [9.17, 15) is 43.7 Å². The monoisotopic (exact) mass is 843 g/mol. The van der Waals surface area contributed by atoms with Gasteiger partial charge in [-0.1, -0.05) is 0 Å². The van der Waals surface area contributed by atoms with E-state index in [1.165, 1.54) is 97.9 Å². The lowest BCUT2D eigenvalue weighted by Gasteiger charge is -2.24. The fraction of sp³-hybridized carbons (Fsp3) is 0.159. The molecule has 18 nitrogen and oxygen atoms in total. The van der Waals surface area contributed by atoms with Gasteiger partial charge in [-0.3, -0.25) is 43.7 Å². The second kappa shape index (κ2) is 20.1. The van der Waals surface area contributed by atoms with Gasteiger partial charge in [-0.15, -0.1) is 0 Å². The van der Waals surface area contributed by atoms with E-state index in [1.807, 2.05) is 0 Å². The summed E-state index contributed by atoms with van der Waals surface area (Å²) < 4.78 is 11.1. The normalized spacial score (nSPS) is 11.6. The molecular formula is C44H41N7O11. The summed E-state index contributed by atoms with van der Waals surface area (Å²) in [6.45, 7) is 5.01. The van der Waals surface area contributed by atoms with E-state index in [0.717, 1.165) is 7.11 Å². The summed E-state index contributed by atoms with van der Waals surface area (Å²) in [5.74, 6) is -4.12. The maximum atomic E-state index is 13.5. The topological polar surface area (TPSA) is 267 Å². The number of nitrogens with two attached hydrogens (primary N) is 1. The van der Waals surface area contributed by atoms with E-state index in [1.54, 1.807) is 38.1 Å². The maximum Gasteiger partial charge on any atom is 0.269 e. The van der Waals surface area contributed by atoms with Gasteiger partial charge in [0.15, 0.2) is 11.9 Å². The fourth-order valence-electron chi connectivity index (χ4n) is 5.79. The van der Waals surface area contributed by atoms with Crippen LogP contribution in [0.3, 0.4) is 0 Å². The third-order valence-corrected chi connectivity index (χ3v) is 8.97. The predicted molar refractivity (Wildman–Crippen MR) is 228 cm³/mol. The second-order valence-electron chi connectivity index (χ2n) is 13.8. The molecule has 0 saturated heterocycles. The van der Waals surface area contributed by atoms with Gasteiger partial charge in [-0.2, -0.15) is 0 Å². The number of amides is 6. The molecule has 0 fully saturated rings. The molecule has 62 heavy (non-hydrogen) atoms. The van der Waals surface area contributed by atoms with Crippen LogP contribution >= 0.6 is 0 Å². The number of hydrogen-bond acceptors (Lipinski definition) is 11. The Morgan fingerprint density at radius 2 is 1.03 bits per heavy atom. The van der Waals surface area contributed by atoms with Crippen molar-refractivity contribution >= 4 is 69.7 Å². The molecule has 7 N–H and O–H groups in total. The third-order valence-electron chi connectivity index (χ3n) is 8.97. The Balaban J connectivity index is 1.23. The summed E-state index contributed by atoms with van der Waals surface area (Å²) in [6.07, 6.45) is -1.91. The van der Waals surface area contributed by atoms with E-state index >= 15 is 0 Å². The molecule has 318 valence electrons. The number of ketones is 1. The van der Waals surface area contributed by atoms with E-state index in [0.29, 0.717) is 16.9 Å².